The third-order valence-electron chi connectivity index (χ3n) is 4.65. The van der Waals surface area contributed by atoms with Gasteiger partial charge in [-0.15, -0.1) is 6.58 Å². The molecule has 4 atom stereocenters. The van der Waals surface area contributed by atoms with E-state index < -0.39 is 34.6 Å². The summed E-state index contributed by atoms with van der Waals surface area (Å²) >= 11 is 16.8. The Bertz CT molecular complexity index is 642. The van der Waals surface area contributed by atoms with Crippen molar-refractivity contribution in [2.45, 2.75) is 62.5 Å². The summed E-state index contributed by atoms with van der Waals surface area (Å²) in [5, 5.41) is 4.01. The first kappa shape index (κ1) is 28.0. The number of esters is 1. The minimum absolute atomic E-state index is 0.0792. The molecule has 2 N–H and O–H groups in total. The van der Waals surface area contributed by atoms with Gasteiger partial charge in [0.05, 0.1) is 6.61 Å². The van der Waals surface area contributed by atoms with Gasteiger partial charge in [0.25, 0.3) is 5.91 Å². The van der Waals surface area contributed by atoms with Crippen LogP contribution in [-0.2, 0) is 23.9 Å². The van der Waals surface area contributed by atoms with Gasteiger partial charge in [0.2, 0.25) is 9.70 Å². The van der Waals surface area contributed by atoms with Gasteiger partial charge < -0.3 is 14.8 Å². The van der Waals surface area contributed by atoms with Crippen LogP contribution in [0.25, 0.3) is 0 Å². The van der Waals surface area contributed by atoms with Crippen LogP contribution < -0.4 is 10.7 Å². The molecule has 1 heterocycles. The van der Waals surface area contributed by atoms with Gasteiger partial charge in [-0.25, -0.2) is 5.43 Å². The highest BCUT2D eigenvalue weighted by molar-refractivity contribution is 6.67. The number of halogens is 3. The second-order valence-corrected chi connectivity index (χ2v) is 10.5. The molecule has 1 aliphatic heterocycles. The van der Waals surface area contributed by atoms with Gasteiger partial charge in [0, 0.05) is 6.54 Å². The SMILES string of the molecule is C=CC(C)COC(C(=O)NC(C)C(=O)N1CCC[C@@H](C(=O)OCC(Cl)(Cl)Cl)N1)C(C)C. The molecule has 0 aromatic carbocycles. The third-order valence-corrected chi connectivity index (χ3v) is 4.98. The smallest absolute Gasteiger partial charge is 0.325 e. The summed E-state index contributed by atoms with van der Waals surface area (Å²) in [6.07, 6.45) is 2.09. The number of hydrogen-bond acceptors (Lipinski definition) is 6. The first-order valence-electron chi connectivity index (χ1n) is 10.2. The van der Waals surface area contributed by atoms with Crippen LogP contribution in [0.4, 0.5) is 0 Å². The van der Waals surface area contributed by atoms with Crippen LogP contribution in [0, 0.1) is 11.8 Å². The number of rotatable bonds is 10. The maximum atomic E-state index is 12.8. The van der Waals surface area contributed by atoms with Crippen molar-refractivity contribution in [2.24, 2.45) is 11.8 Å². The Kier molecular flexibility index (Phi) is 11.6. The first-order valence-corrected chi connectivity index (χ1v) is 11.3. The molecule has 0 aromatic rings. The fourth-order valence-corrected chi connectivity index (χ4v) is 3.02. The topological polar surface area (TPSA) is 97.0 Å². The van der Waals surface area contributed by atoms with Crippen LogP contribution in [0.3, 0.4) is 0 Å². The van der Waals surface area contributed by atoms with Crippen molar-refractivity contribution >= 4 is 52.6 Å². The van der Waals surface area contributed by atoms with Crippen LogP contribution in [0.15, 0.2) is 12.7 Å². The largest absolute Gasteiger partial charge is 0.460 e. The number of carbonyl (C=O) groups is 3. The highest BCUT2D eigenvalue weighted by Crippen LogP contribution is 2.26. The molecule has 2 amide bonds. The summed E-state index contributed by atoms with van der Waals surface area (Å²) < 4.78 is 9.00. The van der Waals surface area contributed by atoms with Gasteiger partial charge >= 0.3 is 5.97 Å². The van der Waals surface area contributed by atoms with Gasteiger partial charge in [-0.1, -0.05) is 61.7 Å². The Morgan fingerprint density at radius 2 is 1.90 bits per heavy atom. The Morgan fingerprint density at radius 3 is 2.45 bits per heavy atom. The Labute approximate surface area is 198 Å². The molecular weight excluding hydrogens is 469 g/mol. The molecule has 0 spiro atoms. The Balaban J connectivity index is 2.64. The summed E-state index contributed by atoms with van der Waals surface area (Å²) in [6, 6.07) is -1.57. The fourth-order valence-electron chi connectivity index (χ4n) is 2.85. The van der Waals surface area contributed by atoms with Gasteiger partial charge in [-0.05, 0) is 31.6 Å². The minimum Gasteiger partial charge on any atom is -0.460 e. The normalized spacial score (nSPS) is 20.0. The lowest BCUT2D eigenvalue weighted by Crippen LogP contribution is -2.60. The molecule has 0 radical (unpaired) electrons. The standard InChI is InChI=1S/C20H32Cl3N3O5/c1-6-13(4)10-30-16(12(2)3)17(27)24-14(5)18(28)26-9-7-8-15(25-26)19(29)31-11-20(21,22)23/h6,12-16,25H,1,7-11H2,2-5H3,(H,24,27)/t13?,14?,15-,16?/m0/s1. The summed E-state index contributed by atoms with van der Waals surface area (Å²) in [6.45, 7) is 11.3. The molecule has 1 rings (SSSR count). The van der Waals surface area contributed by atoms with Gasteiger partial charge in [0.1, 0.15) is 24.8 Å². The molecule has 1 fully saturated rings. The maximum Gasteiger partial charge on any atom is 0.325 e. The van der Waals surface area contributed by atoms with Crippen molar-refractivity contribution in [3.8, 4) is 0 Å². The molecule has 1 aliphatic rings. The summed E-state index contributed by atoms with van der Waals surface area (Å²) in [7, 11) is 0. The molecule has 11 heteroatoms. The molecule has 0 saturated carbocycles. The Hall–Kier alpha value is -1.06. The average molecular weight is 501 g/mol. The lowest BCUT2D eigenvalue weighted by molar-refractivity contribution is -0.153. The van der Waals surface area contributed by atoms with E-state index in [1.54, 1.807) is 13.0 Å². The zero-order valence-electron chi connectivity index (χ0n) is 18.3. The van der Waals surface area contributed by atoms with E-state index in [1.807, 2.05) is 20.8 Å². The van der Waals surface area contributed by atoms with Crippen molar-refractivity contribution < 1.29 is 23.9 Å². The summed E-state index contributed by atoms with van der Waals surface area (Å²) in [5.74, 6) is -1.35. The molecule has 178 valence electrons. The molecule has 0 aromatic heterocycles. The van der Waals surface area contributed by atoms with Crippen molar-refractivity contribution in [3.63, 3.8) is 0 Å². The van der Waals surface area contributed by atoms with Gasteiger partial charge in [0.15, 0.2) is 0 Å². The van der Waals surface area contributed by atoms with Crippen molar-refractivity contribution in [3.05, 3.63) is 12.7 Å². The lowest BCUT2D eigenvalue weighted by atomic mass is 10.1. The fraction of sp³-hybridized carbons (Fsp3) is 0.750. The van der Waals surface area contributed by atoms with Crippen LogP contribution in [-0.4, -0.2) is 64.5 Å². The zero-order valence-corrected chi connectivity index (χ0v) is 20.6. The maximum absolute atomic E-state index is 12.8. The van der Waals surface area contributed by atoms with Gasteiger partial charge in [-0.3, -0.25) is 19.4 Å². The summed E-state index contributed by atoms with van der Waals surface area (Å²) in [5.41, 5.74) is 2.83. The third kappa shape index (κ3) is 9.95. The van der Waals surface area contributed by atoms with E-state index in [1.165, 1.54) is 5.01 Å². The van der Waals surface area contributed by atoms with Crippen LogP contribution in [0.2, 0.25) is 0 Å². The van der Waals surface area contributed by atoms with E-state index in [0.717, 1.165) is 0 Å². The number of nitrogens with one attached hydrogen (secondary N) is 2. The number of amides is 2. The van der Waals surface area contributed by atoms with E-state index in [2.05, 4.69) is 17.3 Å². The highest BCUT2D eigenvalue weighted by atomic mass is 35.6. The van der Waals surface area contributed by atoms with E-state index in [0.29, 0.717) is 26.0 Å². The van der Waals surface area contributed by atoms with E-state index in [9.17, 15) is 14.4 Å². The van der Waals surface area contributed by atoms with E-state index >= 15 is 0 Å². The molecule has 0 bridgehead atoms. The monoisotopic (exact) mass is 499 g/mol. The number of carbonyl (C=O) groups excluding carboxylic acids is 3. The van der Waals surface area contributed by atoms with Gasteiger partial charge in [-0.2, -0.15) is 0 Å². The number of hydrazine groups is 1. The molecule has 0 aliphatic carbocycles. The number of hydrogen-bond donors (Lipinski definition) is 2. The number of ether oxygens (including phenoxy) is 2. The second-order valence-electron chi connectivity index (χ2n) is 7.98. The molecule has 31 heavy (non-hydrogen) atoms. The predicted octanol–water partition coefficient (Wildman–Crippen LogP) is 2.76. The minimum atomic E-state index is -1.71. The van der Waals surface area contributed by atoms with E-state index in [-0.39, 0.29) is 23.7 Å². The zero-order chi connectivity index (χ0) is 23.8. The van der Waals surface area contributed by atoms with E-state index in [4.69, 9.17) is 44.3 Å². The molecule has 8 nitrogen and oxygen atoms in total. The summed E-state index contributed by atoms with van der Waals surface area (Å²) in [4.78, 5) is 37.7. The predicted molar refractivity (Wildman–Crippen MR) is 121 cm³/mol. The number of nitrogens with zero attached hydrogens (tertiary/aromatic N) is 1. The molecular formula is C20H32Cl3N3O5. The quantitative estimate of drug-likeness (QED) is 0.272. The highest BCUT2D eigenvalue weighted by Gasteiger charge is 2.34. The van der Waals surface area contributed by atoms with Crippen LogP contribution >= 0.6 is 34.8 Å². The van der Waals surface area contributed by atoms with Crippen LogP contribution in [0.1, 0.15) is 40.5 Å². The van der Waals surface area contributed by atoms with Crippen molar-refractivity contribution in [1.82, 2.24) is 15.8 Å². The Morgan fingerprint density at radius 1 is 1.26 bits per heavy atom. The second kappa shape index (κ2) is 12.8. The first-order chi connectivity index (χ1) is 14.4. The molecule has 1 saturated heterocycles. The average Bonchev–Trinajstić information content (AvgIpc) is 2.70. The van der Waals surface area contributed by atoms with Crippen LogP contribution in [0.5, 0.6) is 0 Å². The molecule has 3 unspecified atom stereocenters. The number of alkyl halides is 3. The lowest BCUT2D eigenvalue weighted by Gasteiger charge is -2.34. The van der Waals surface area contributed by atoms with Crippen molar-refractivity contribution in [1.29, 1.82) is 0 Å². The van der Waals surface area contributed by atoms with Crippen molar-refractivity contribution in [2.75, 3.05) is 19.8 Å².